The number of H-pyrrole nitrogens is 1. The van der Waals surface area contributed by atoms with Gasteiger partial charge >= 0.3 is 0 Å². The van der Waals surface area contributed by atoms with Crippen molar-refractivity contribution in [2.24, 2.45) is 0 Å². The van der Waals surface area contributed by atoms with Crippen LogP contribution >= 0.6 is 11.3 Å². The van der Waals surface area contributed by atoms with Gasteiger partial charge in [-0.15, -0.1) is 11.3 Å². The van der Waals surface area contributed by atoms with Gasteiger partial charge in [-0.2, -0.15) is 5.10 Å². The van der Waals surface area contributed by atoms with Crippen molar-refractivity contribution < 1.29 is 4.79 Å². The lowest BCUT2D eigenvalue weighted by Crippen LogP contribution is -2.38. The Bertz CT molecular complexity index is 1200. The van der Waals surface area contributed by atoms with Crippen LogP contribution in [0, 0.1) is 6.92 Å². The Hall–Kier alpha value is -2.99. The van der Waals surface area contributed by atoms with E-state index in [0.717, 1.165) is 38.0 Å². The molecular weight excluding hydrogens is 404 g/mol. The molecule has 6 heteroatoms. The molecule has 0 radical (unpaired) electrons. The Morgan fingerprint density at radius 2 is 1.97 bits per heavy atom. The maximum absolute atomic E-state index is 12.7. The van der Waals surface area contributed by atoms with E-state index in [4.69, 9.17) is 0 Å². The van der Waals surface area contributed by atoms with Crippen LogP contribution in [-0.4, -0.2) is 39.1 Å². The third kappa shape index (κ3) is 4.12. The molecule has 0 bridgehead atoms. The minimum absolute atomic E-state index is 0.255. The molecule has 0 unspecified atom stereocenters. The van der Waals surface area contributed by atoms with Gasteiger partial charge in [0.25, 0.3) is 0 Å². The van der Waals surface area contributed by atoms with Crippen LogP contribution in [-0.2, 0) is 11.2 Å². The zero-order chi connectivity index (χ0) is 21.2. The molecule has 1 amide bonds. The molecule has 2 aromatic heterocycles. The fourth-order valence-electron chi connectivity index (χ4n) is 4.56. The molecule has 0 spiro atoms. The molecule has 31 heavy (non-hydrogen) atoms. The molecule has 1 aliphatic heterocycles. The number of hydrogen-bond acceptors (Lipinski definition) is 4. The number of piperidine rings is 1. The molecule has 1 fully saturated rings. The number of thiazole rings is 1. The van der Waals surface area contributed by atoms with Crippen LogP contribution in [0.3, 0.4) is 0 Å². The highest BCUT2D eigenvalue weighted by Crippen LogP contribution is 2.35. The van der Waals surface area contributed by atoms with Gasteiger partial charge in [0.15, 0.2) is 0 Å². The summed E-state index contributed by atoms with van der Waals surface area (Å²) in [5.74, 6) is 0.655. The second-order valence-corrected chi connectivity index (χ2v) is 9.21. The zero-order valence-electron chi connectivity index (χ0n) is 17.7. The number of aromatic nitrogens is 3. The molecule has 4 aromatic rings. The lowest BCUT2D eigenvalue weighted by molar-refractivity contribution is -0.132. The van der Waals surface area contributed by atoms with Crippen LogP contribution < -0.4 is 0 Å². The van der Waals surface area contributed by atoms with Crippen molar-refractivity contribution in [3.63, 3.8) is 0 Å². The first-order valence-corrected chi connectivity index (χ1v) is 11.8. The topological polar surface area (TPSA) is 61.9 Å². The Balaban J connectivity index is 1.24. The molecule has 1 saturated heterocycles. The Kier molecular flexibility index (Phi) is 5.55. The number of fused-ring (bicyclic) bond motifs is 1. The highest BCUT2D eigenvalue weighted by Gasteiger charge is 2.26. The van der Waals surface area contributed by atoms with Crippen molar-refractivity contribution in [2.45, 2.75) is 38.5 Å². The number of carbonyl (C=O) groups is 1. The predicted molar refractivity (Wildman–Crippen MR) is 125 cm³/mol. The molecule has 5 nitrogen and oxygen atoms in total. The van der Waals surface area contributed by atoms with Crippen LogP contribution in [0.25, 0.3) is 21.9 Å². The highest BCUT2D eigenvalue weighted by molar-refractivity contribution is 7.09. The van der Waals surface area contributed by atoms with Gasteiger partial charge in [-0.25, -0.2) is 4.98 Å². The summed E-state index contributed by atoms with van der Waals surface area (Å²) in [5, 5.41) is 10.1. The summed E-state index contributed by atoms with van der Waals surface area (Å²) in [7, 11) is 0. The smallest absolute Gasteiger partial charge is 0.222 e. The lowest BCUT2D eigenvalue weighted by Gasteiger charge is -2.32. The Morgan fingerprint density at radius 3 is 2.74 bits per heavy atom. The number of hydrogen-bond donors (Lipinski definition) is 1. The number of likely N-dealkylation sites (tertiary alicyclic amines) is 1. The molecule has 5 rings (SSSR count). The molecule has 158 valence electrons. The van der Waals surface area contributed by atoms with E-state index in [2.05, 4.69) is 57.6 Å². The summed E-state index contributed by atoms with van der Waals surface area (Å²) in [6.45, 7) is 3.63. The largest absolute Gasteiger partial charge is 0.343 e. The predicted octanol–water partition coefficient (Wildman–Crippen LogP) is 5.33. The van der Waals surface area contributed by atoms with E-state index in [9.17, 15) is 4.79 Å². The maximum Gasteiger partial charge on any atom is 0.222 e. The number of aromatic amines is 1. The van der Waals surface area contributed by atoms with E-state index in [1.165, 1.54) is 32.5 Å². The van der Waals surface area contributed by atoms with Gasteiger partial charge in [0.05, 0.1) is 17.4 Å². The summed E-state index contributed by atoms with van der Waals surface area (Å²) < 4.78 is 0. The number of rotatable bonds is 5. The fraction of sp³-hybridized carbons (Fsp3) is 0.320. The molecule has 2 aromatic carbocycles. The number of aryl methyl sites for hydroxylation is 2. The van der Waals surface area contributed by atoms with Crippen molar-refractivity contribution in [1.82, 2.24) is 20.1 Å². The van der Waals surface area contributed by atoms with Gasteiger partial charge in [0, 0.05) is 41.6 Å². The fourth-order valence-corrected chi connectivity index (χ4v) is 5.34. The van der Waals surface area contributed by atoms with Crippen molar-refractivity contribution in [2.75, 3.05) is 13.1 Å². The third-order valence-electron chi connectivity index (χ3n) is 6.40. The van der Waals surface area contributed by atoms with Gasteiger partial charge in [-0.3, -0.25) is 9.89 Å². The molecule has 1 aliphatic rings. The quantitative estimate of drug-likeness (QED) is 0.465. The summed E-state index contributed by atoms with van der Waals surface area (Å²) in [5.41, 5.74) is 6.48. The highest BCUT2D eigenvalue weighted by atomic mass is 32.1. The van der Waals surface area contributed by atoms with E-state index >= 15 is 0 Å². The number of nitrogens with zero attached hydrogens (tertiary/aromatic N) is 3. The normalized spacial score (nSPS) is 14.9. The van der Waals surface area contributed by atoms with E-state index in [1.807, 2.05) is 23.5 Å². The Morgan fingerprint density at radius 1 is 1.16 bits per heavy atom. The minimum atomic E-state index is 0.255. The molecule has 0 aliphatic carbocycles. The van der Waals surface area contributed by atoms with Crippen LogP contribution in [0.5, 0.6) is 0 Å². The van der Waals surface area contributed by atoms with Gasteiger partial charge in [0.2, 0.25) is 5.91 Å². The van der Waals surface area contributed by atoms with Crippen LogP contribution in [0.2, 0.25) is 0 Å². The van der Waals surface area contributed by atoms with Crippen molar-refractivity contribution >= 4 is 28.0 Å². The molecular formula is C25H26N4OS. The minimum Gasteiger partial charge on any atom is -0.343 e. The molecule has 0 atom stereocenters. The summed E-state index contributed by atoms with van der Waals surface area (Å²) >= 11 is 1.64. The van der Waals surface area contributed by atoms with Crippen LogP contribution in [0.4, 0.5) is 0 Å². The number of benzene rings is 2. The second kappa shape index (κ2) is 8.63. The summed E-state index contributed by atoms with van der Waals surface area (Å²) in [4.78, 5) is 20.2. The maximum atomic E-state index is 12.7. The van der Waals surface area contributed by atoms with Crippen molar-refractivity contribution in [1.29, 1.82) is 0 Å². The van der Waals surface area contributed by atoms with Crippen LogP contribution in [0.15, 0.2) is 54.2 Å². The van der Waals surface area contributed by atoms with E-state index in [1.54, 1.807) is 11.3 Å². The van der Waals surface area contributed by atoms with E-state index in [-0.39, 0.29) is 5.91 Å². The third-order valence-corrected chi connectivity index (χ3v) is 7.39. The molecule has 1 N–H and O–H groups in total. The SMILES string of the molecule is Cc1ncsc1CCC(=O)N1CCC(c2[nH]ncc2-c2ccc3ccccc3c2)CC1. The van der Waals surface area contributed by atoms with Gasteiger partial charge in [-0.05, 0) is 48.6 Å². The monoisotopic (exact) mass is 430 g/mol. The Labute approximate surface area is 186 Å². The van der Waals surface area contributed by atoms with Crippen LogP contribution in [0.1, 0.15) is 41.4 Å². The first kappa shape index (κ1) is 19.9. The zero-order valence-corrected chi connectivity index (χ0v) is 18.5. The molecule has 3 heterocycles. The summed E-state index contributed by atoms with van der Waals surface area (Å²) in [6, 6.07) is 15.0. The first-order valence-electron chi connectivity index (χ1n) is 10.9. The van der Waals surface area contributed by atoms with Crippen molar-refractivity contribution in [3.8, 4) is 11.1 Å². The van der Waals surface area contributed by atoms with E-state index < -0.39 is 0 Å². The number of nitrogens with one attached hydrogen (secondary N) is 1. The second-order valence-electron chi connectivity index (χ2n) is 8.28. The average molecular weight is 431 g/mol. The molecule has 0 saturated carbocycles. The first-order chi connectivity index (χ1) is 15.2. The number of amides is 1. The van der Waals surface area contributed by atoms with Gasteiger partial charge in [-0.1, -0.05) is 36.4 Å². The van der Waals surface area contributed by atoms with Crippen molar-refractivity contribution in [3.05, 3.63) is 70.4 Å². The van der Waals surface area contributed by atoms with Gasteiger partial charge in [0.1, 0.15) is 0 Å². The van der Waals surface area contributed by atoms with Gasteiger partial charge < -0.3 is 4.90 Å². The standard InChI is InChI=1S/C25H26N4OS/c1-17-23(31-16-26-17)8-9-24(30)29-12-10-19(11-13-29)25-22(15-27-28-25)21-7-6-18-4-2-3-5-20(18)14-21/h2-7,14-16,19H,8-13H2,1H3,(H,27,28). The van der Waals surface area contributed by atoms with E-state index in [0.29, 0.717) is 12.3 Å². The summed E-state index contributed by atoms with van der Waals surface area (Å²) in [6.07, 6.45) is 5.23. The lowest BCUT2D eigenvalue weighted by atomic mass is 9.89. The number of carbonyl (C=O) groups excluding carboxylic acids is 1. The average Bonchev–Trinajstić information content (AvgIpc) is 3.46.